The van der Waals surface area contributed by atoms with E-state index in [1.807, 2.05) is 19.1 Å². The zero-order valence-electron chi connectivity index (χ0n) is 18.7. The predicted molar refractivity (Wildman–Crippen MR) is 124 cm³/mol. The minimum atomic E-state index is -3.70. The van der Waals surface area contributed by atoms with E-state index < -0.39 is 16.1 Å². The Morgan fingerprint density at radius 2 is 1.78 bits per heavy atom. The minimum Gasteiger partial charge on any atom is -0.354 e. The van der Waals surface area contributed by atoms with Gasteiger partial charge in [0.05, 0.1) is 4.90 Å². The van der Waals surface area contributed by atoms with Crippen molar-refractivity contribution in [2.45, 2.75) is 37.2 Å². The van der Waals surface area contributed by atoms with Crippen LogP contribution in [0.2, 0.25) is 0 Å². The first-order chi connectivity index (χ1) is 15.3. The number of rotatable bonds is 6. The summed E-state index contributed by atoms with van der Waals surface area (Å²) in [6.45, 7) is 6.53. The van der Waals surface area contributed by atoms with Gasteiger partial charge in [-0.25, -0.2) is 13.4 Å². The van der Waals surface area contributed by atoms with Crippen molar-refractivity contribution in [2.75, 3.05) is 44.7 Å². The third kappa shape index (κ3) is 4.95. The summed E-state index contributed by atoms with van der Waals surface area (Å²) in [5, 5.41) is 2.90. The quantitative estimate of drug-likeness (QED) is 0.709. The van der Waals surface area contributed by atoms with Crippen molar-refractivity contribution < 1.29 is 13.2 Å². The van der Waals surface area contributed by atoms with Crippen LogP contribution in [0.5, 0.6) is 0 Å². The molecule has 1 amide bonds. The van der Waals surface area contributed by atoms with Crippen molar-refractivity contribution in [3.63, 3.8) is 0 Å². The number of likely N-dealkylation sites (N-methyl/N-ethyl adjacent to an activating group) is 1. The third-order valence-electron chi connectivity index (χ3n) is 6.24. The van der Waals surface area contributed by atoms with Gasteiger partial charge in [0.2, 0.25) is 15.9 Å². The number of amides is 1. The summed E-state index contributed by atoms with van der Waals surface area (Å²) in [6, 6.07) is 10.0. The third-order valence-corrected chi connectivity index (χ3v) is 8.16. The lowest BCUT2D eigenvalue weighted by Gasteiger charge is -2.33. The summed E-state index contributed by atoms with van der Waals surface area (Å²) in [5.41, 5.74) is 1.88. The van der Waals surface area contributed by atoms with Crippen molar-refractivity contribution in [3.05, 3.63) is 53.7 Å². The number of piperazine rings is 1. The molecule has 3 heterocycles. The Morgan fingerprint density at radius 1 is 1.06 bits per heavy atom. The van der Waals surface area contributed by atoms with Crippen LogP contribution in [0.25, 0.3) is 0 Å². The van der Waals surface area contributed by atoms with E-state index in [1.54, 1.807) is 30.5 Å². The van der Waals surface area contributed by atoms with Gasteiger partial charge in [0.1, 0.15) is 11.9 Å². The average molecular weight is 458 g/mol. The highest BCUT2D eigenvalue weighted by atomic mass is 32.2. The number of benzene rings is 1. The SMILES string of the molecule is Cc1ccc(S(=O)(=O)N2CCC[C@H]2C(=O)NCc2ccc(N3CCN(C)CC3)nc2)cc1. The first kappa shape index (κ1) is 22.7. The molecule has 0 aliphatic carbocycles. The molecule has 2 aliphatic heterocycles. The number of nitrogens with zero attached hydrogens (tertiary/aromatic N) is 4. The maximum Gasteiger partial charge on any atom is 0.243 e. The van der Waals surface area contributed by atoms with E-state index in [-0.39, 0.29) is 10.8 Å². The van der Waals surface area contributed by atoms with E-state index in [9.17, 15) is 13.2 Å². The highest BCUT2D eigenvalue weighted by Gasteiger charge is 2.39. The highest BCUT2D eigenvalue weighted by Crippen LogP contribution is 2.26. The zero-order chi connectivity index (χ0) is 22.7. The Balaban J connectivity index is 1.36. The summed E-state index contributed by atoms with van der Waals surface area (Å²) in [6.07, 6.45) is 2.98. The summed E-state index contributed by atoms with van der Waals surface area (Å²) in [4.78, 5) is 22.2. The molecule has 2 aliphatic rings. The van der Waals surface area contributed by atoms with Crippen LogP contribution in [0.3, 0.4) is 0 Å². The Kier molecular flexibility index (Phi) is 6.78. The highest BCUT2D eigenvalue weighted by molar-refractivity contribution is 7.89. The maximum absolute atomic E-state index is 13.1. The van der Waals surface area contributed by atoms with E-state index in [2.05, 4.69) is 27.1 Å². The van der Waals surface area contributed by atoms with E-state index in [0.717, 1.165) is 43.1 Å². The van der Waals surface area contributed by atoms with Crippen molar-refractivity contribution in [2.24, 2.45) is 0 Å². The number of aryl methyl sites for hydroxylation is 1. The van der Waals surface area contributed by atoms with Crippen molar-refractivity contribution in [3.8, 4) is 0 Å². The maximum atomic E-state index is 13.1. The van der Waals surface area contributed by atoms with Gasteiger partial charge < -0.3 is 15.1 Å². The van der Waals surface area contributed by atoms with Crippen LogP contribution >= 0.6 is 0 Å². The number of pyridine rings is 1. The number of sulfonamides is 1. The first-order valence-electron chi connectivity index (χ1n) is 11.1. The molecular weight excluding hydrogens is 426 g/mol. The number of carbonyl (C=O) groups excluding carboxylic acids is 1. The normalized spacial score (nSPS) is 20.4. The molecule has 9 heteroatoms. The molecule has 2 fully saturated rings. The number of hydrogen-bond donors (Lipinski definition) is 1. The molecule has 2 saturated heterocycles. The van der Waals surface area contributed by atoms with Crippen LogP contribution < -0.4 is 10.2 Å². The van der Waals surface area contributed by atoms with E-state index in [0.29, 0.717) is 25.9 Å². The lowest BCUT2D eigenvalue weighted by Crippen LogP contribution is -2.45. The van der Waals surface area contributed by atoms with E-state index >= 15 is 0 Å². The summed E-state index contributed by atoms with van der Waals surface area (Å²) in [7, 11) is -1.58. The van der Waals surface area contributed by atoms with Crippen molar-refractivity contribution in [1.29, 1.82) is 0 Å². The molecule has 4 rings (SSSR count). The molecule has 1 atom stereocenters. The van der Waals surface area contributed by atoms with Gasteiger partial charge in [-0.3, -0.25) is 4.79 Å². The van der Waals surface area contributed by atoms with Gasteiger partial charge in [0, 0.05) is 45.5 Å². The summed E-state index contributed by atoms with van der Waals surface area (Å²) in [5.74, 6) is 0.681. The van der Waals surface area contributed by atoms with Gasteiger partial charge in [-0.1, -0.05) is 23.8 Å². The average Bonchev–Trinajstić information content (AvgIpc) is 3.30. The molecule has 2 aromatic rings. The van der Waals surface area contributed by atoms with Gasteiger partial charge in [0.25, 0.3) is 0 Å². The summed E-state index contributed by atoms with van der Waals surface area (Å²) >= 11 is 0. The van der Waals surface area contributed by atoms with Gasteiger partial charge in [-0.05, 0) is 50.6 Å². The fourth-order valence-electron chi connectivity index (χ4n) is 4.19. The van der Waals surface area contributed by atoms with Crippen LogP contribution in [0.1, 0.15) is 24.0 Å². The molecule has 0 spiro atoms. The molecule has 8 nitrogen and oxygen atoms in total. The zero-order valence-corrected chi connectivity index (χ0v) is 19.5. The predicted octanol–water partition coefficient (Wildman–Crippen LogP) is 1.61. The second kappa shape index (κ2) is 9.56. The van der Waals surface area contributed by atoms with Gasteiger partial charge in [-0.2, -0.15) is 4.31 Å². The largest absolute Gasteiger partial charge is 0.354 e. The van der Waals surface area contributed by atoms with Crippen LogP contribution in [0.15, 0.2) is 47.5 Å². The summed E-state index contributed by atoms with van der Waals surface area (Å²) < 4.78 is 27.5. The van der Waals surface area contributed by atoms with Crippen LogP contribution in [0, 0.1) is 6.92 Å². The molecule has 0 bridgehead atoms. The number of carbonyl (C=O) groups is 1. The Bertz CT molecular complexity index is 1030. The molecule has 172 valence electrons. The fourth-order valence-corrected chi connectivity index (χ4v) is 5.84. The van der Waals surface area contributed by atoms with Gasteiger partial charge >= 0.3 is 0 Å². The van der Waals surface area contributed by atoms with E-state index in [4.69, 9.17) is 0 Å². The Morgan fingerprint density at radius 3 is 2.44 bits per heavy atom. The number of aromatic nitrogens is 1. The molecule has 1 N–H and O–H groups in total. The Labute approximate surface area is 190 Å². The van der Waals surface area contributed by atoms with Crippen molar-refractivity contribution >= 4 is 21.7 Å². The lowest BCUT2D eigenvalue weighted by molar-refractivity contribution is -0.124. The van der Waals surface area contributed by atoms with Crippen LogP contribution in [-0.2, 0) is 21.4 Å². The molecule has 0 saturated carbocycles. The molecule has 32 heavy (non-hydrogen) atoms. The molecule has 1 aromatic carbocycles. The first-order valence-corrected chi connectivity index (χ1v) is 12.5. The van der Waals surface area contributed by atoms with Crippen LogP contribution in [-0.4, -0.2) is 74.3 Å². The van der Waals surface area contributed by atoms with Crippen molar-refractivity contribution in [1.82, 2.24) is 19.5 Å². The fraction of sp³-hybridized carbons (Fsp3) is 0.478. The molecule has 0 radical (unpaired) electrons. The second-order valence-electron chi connectivity index (χ2n) is 8.62. The second-order valence-corrected chi connectivity index (χ2v) is 10.5. The number of anilines is 1. The standard InChI is InChI=1S/C23H31N5O3S/c1-18-5-8-20(9-6-18)32(30,31)28-11-3-4-21(28)23(29)25-17-19-7-10-22(24-16-19)27-14-12-26(2)13-15-27/h5-10,16,21H,3-4,11-15,17H2,1-2H3,(H,25,29)/t21-/m0/s1. The smallest absolute Gasteiger partial charge is 0.243 e. The molecule has 0 unspecified atom stereocenters. The number of nitrogens with one attached hydrogen (secondary N) is 1. The number of hydrogen-bond acceptors (Lipinski definition) is 6. The van der Waals surface area contributed by atoms with Gasteiger partial charge in [-0.15, -0.1) is 0 Å². The minimum absolute atomic E-state index is 0.228. The topological polar surface area (TPSA) is 85.8 Å². The van der Waals surface area contributed by atoms with Crippen LogP contribution in [0.4, 0.5) is 5.82 Å². The van der Waals surface area contributed by atoms with Gasteiger partial charge in [0.15, 0.2) is 0 Å². The molecule has 1 aromatic heterocycles. The van der Waals surface area contributed by atoms with E-state index in [1.165, 1.54) is 4.31 Å². The lowest BCUT2D eigenvalue weighted by atomic mass is 10.2. The molecular formula is C23H31N5O3S. The monoisotopic (exact) mass is 457 g/mol. The Hall–Kier alpha value is -2.49.